The van der Waals surface area contributed by atoms with Crippen molar-refractivity contribution < 1.29 is 9.72 Å². The van der Waals surface area contributed by atoms with Gasteiger partial charge in [-0.15, -0.1) is 0 Å². The maximum absolute atomic E-state index is 12.3. The number of nitro groups is 1. The van der Waals surface area contributed by atoms with E-state index < -0.39 is 4.92 Å². The predicted molar refractivity (Wildman–Crippen MR) is 96.1 cm³/mol. The van der Waals surface area contributed by atoms with Gasteiger partial charge >= 0.3 is 0 Å². The van der Waals surface area contributed by atoms with Crippen LogP contribution in [-0.2, 0) is 11.3 Å². The van der Waals surface area contributed by atoms with Gasteiger partial charge in [-0.1, -0.05) is 22.0 Å². The maximum atomic E-state index is 12.3. The molecule has 6 nitrogen and oxygen atoms in total. The quantitative estimate of drug-likeness (QED) is 0.536. The number of aryl methyl sites for hydroxylation is 1. The van der Waals surface area contributed by atoms with Gasteiger partial charge in [0, 0.05) is 33.7 Å². The van der Waals surface area contributed by atoms with Gasteiger partial charge in [0.15, 0.2) is 0 Å². The standard InChI is InChI=1S/C17H14BrN3O3/c1-11-2-4-14(21(23)24)9-15(11)19-17(22)10-20-7-6-12-8-13(18)3-5-16(12)20/h2-9H,10H2,1H3,(H,19,22). The van der Waals surface area contributed by atoms with Gasteiger partial charge in [-0.3, -0.25) is 14.9 Å². The summed E-state index contributed by atoms with van der Waals surface area (Å²) in [5, 5.41) is 14.6. The van der Waals surface area contributed by atoms with Gasteiger partial charge in [-0.05, 0) is 36.8 Å². The fourth-order valence-corrected chi connectivity index (χ4v) is 2.89. The SMILES string of the molecule is Cc1ccc([N+](=O)[O-])cc1NC(=O)Cn1ccc2cc(Br)ccc21. The lowest BCUT2D eigenvalue weighted by Crippen LogP contribution is -2.18. The van der Waals surface area contributed by atoms with E-state index in [4.69, 9.17) is 0 Å². The highest BCUT2D eigenvalue weighted by atomic mass is 79.9. The molecule has 3 rings (SSSR count). The summed E-state index contributed by atoms with van der Waals surface area (Å²) in [5.41, 5.74) is 2.12. The number of amides is 1. The molecule has 0 saturated carbocycles. The predicted octanol–water partition coefficient (Wildman–Crippen LogP) is 4.26. The Bertz CT molecular complexity index is 949. The molecular formula is C17H14BrN3O3. The van der Waals surface area contributed by atoms with Crippen molar-refractivity contribution in [2.75, 3.05) is 5.32 Å². The minimum Gasteiger partial charge on any atom is -0.338 e. The molecule has 1 amide bonds. The first-order chi connectivity index (χ1) is 11.4. The number of fused-ring (bicyclic) bond motifs is 1. The number of hydrogen-bond donors (Lipinski definition) is 1. The Hall–Kier alpha value is -2.67. The number of nitrogens with zero attached hydrogens (tertiary/aromatic N) is 2. The number of non-ortho nitro benzene ring substituents is 1. The lowest BCUT2D eigenvalue weighted by molar-refractivity contribution is -0.384. The average Bonchev–Trinajstić information content (AvgIpc) is 2.91. The second-order valence-electron chi connectivity index (χ2n) is 5.45. The van der Waals surface area contributed by atoms with E-state index in [0.29, 0.717) is 5.69 Å². The Morgan fingerprint density at radius 1 is 1.25 bits per heavy atom. The van der Waals surface area contributed by atoms with Crippen molar-refractivity contribution in [1.29, 1.82) is 0 Å². The van der Waals surface area contributed by atoms with Gasteiger partial charge < -0.3 is 9.88 Å². The summed E-state index contributed by atoms with van der Waals surface area (Å²) in [6, 6.07) is 12.2. The van der Waals surface area contributed by atoms with E-state index >= 15 is 0 Å². The topological polar surface area (TPSA) is 77.2 Å². The van der Waals surface area contributed by atoms with Crippen molar-refractivity contribution in [3.8, 4) is 0 Å². The highest BCUT2D eigenvalue weighted by Gasteiger charge is 2.12. The average molecular weight is 388 g/mol. The minimum atomic E-state index is -0.480. The van der Waals surface area contributed by atoms with Crippen molar-refractivity contribution in [3.63, 3.8) is 0 Å². The summed E-state index contributed by atoms with van der Waals surface area (Å²) in [6.45, 7) is 1.93. The lowest BCUT2D eigenvalue weighted by Gasteiger charge is -2.10. The lowest BCUT2D eigenvalue weighted by atomic mass is 10.2. The van der Waals surface area contributed by atoms with Crippen LogP contribution >= 0.6 is 15.9 Å². The van der Waals surface area contributed by atoms with Crippen LogP contribution in [0.3, 0.4) is 0 Å². The molecule has 0 saturated heterocycles. The van der Waals surface area contributed by atoms with Crippen LogP contribution < -0.4 is 5.32 Å². The fourth-order valence-electron chi connectivity index (χ4n) is 2.51. The van der Waals surface area contributed by atoms with E-state index in [1.807, 2.05) is 35.0 Å². The van der Waals surface area contributed by atoms with Crippen LogP contribution in [0.2, 0.25) is 0 Å². The molecule has 0 fully saturated rings. The smallest absolute Gasteiger partial charge is 0.271 e. The highest BCUT2D eigenvalue weighted by Crippen LogP contribution is 2.23. The van der Waals surface area contributed by atoms with E-state index in [-0.39, 0.29) is 18.1 Å². The van der Waals surface area contributed by atoms with E-state index in [2.05, 4.69) is 21.2 Å². The second-order valence-corrected chi connectivity index (χ2v) is 6.37. The summed E-state index contributed by atoms with van der Waals surface area (Å²) in [7, 11) is 0. The van der Waals surface area contributed by atoms with Crippen LogP contribution in [-0.4, -0.2) is 15.4 Å². The molecular weight excluding hydrogens is 374 g/mol. The first kappa shape index (κ1) is 16.2. The molecule has 122 valence electrons. The number of hydrogen-bond acceptors (Lipinski definition) is 3. The molecule has 7 heteroatoms. The summed E-state index contributed by atoms with van der Waals surface area (Å²) in [6.07, 6.45) is 1.84. The summed E-state index contributed by atoms with van der Waals surface area (Å²) in [4.78, 5) is 22.7. The fraction of sp³-hybridized carbons (Fsp3) is 0.118. The number of benzene rings is 2. The van der Waals surface area contributed by atoms with E-state index in [1.165, 1.54) is 12.1 Å². The molecule has 1 N–H and O–H groups in total. The summed E-state index contributed by atoms with van der Waals surface area (Å²) in [5.74, 6) is -0.237. The largest absolute Gasteiger partial charge is 0.338 e. The molecule has 0 bridgehead atoms. The Kier molecular flexibility index (Phi) is 4.35. The molecule has 1 heterocycles. The number of anilines is 1. The van der Waals surface area contributed by atoms with Crippen molar-refractivity contribution in [2.24, 2.45) is 0 Å². The Balaban J connectivity index is 1.80. The molecule has 24 heavy (non-hydrogen) atoms. The van der Waals surface area contributed by atoms with Gasteiger partial charge in [-0.2, -0.15) is 0 Å². The normalized spacial score (nSPS) is 10.8. The number of nitrogens with one attached hydrogen (secondary N) is 1. The zero-order valence-electron chi connectivity index (χ0n) is 12.8. The summed E-state index contributed by atoms with van der Waals surface area (Å²) < 4.78 is 2.81. The maximum Gasteiger partial charge on any atom is 0.271 e. The number of carbonyl (C=O) groups is 1. The Morgan fingerprint density at radius 3 is 2.79 bits per heavy atom. The number of halogens is 1. The van der Waals surface area contributed by atoms with Crippen LogP contribution in [0, 0.1) is 17.0 Å². The molecule has 3 aromatic rings. The first-order valence-corrected chi connectivity index (χ1v) is 8.02. The minimum absolute atomic E-state index is 0.0489. The third kappa shape index (κ3) is 3.30. The molecule has 0 radical (unpaired) electrons. The van der Waals surface area contributed by atoms with Crippen molar-refractivity contribution in [3.05, 3.63) is 68.8 Å². The molecule has 0 aliphatic rings. The molecule has 0 atom stereocenters. The molecule has 0 aliphatic carbocycles. The number of aromatic nitrogens is 1. The Morgan fingerprint density at radius 2 is 2.04 bits per heavy atom. The number of carbonyl (C=O) groups excluding carboxylic acids is 1. The van der Waals surface area contributed by atoms with Gasteiger partial charge in [0.05, 0.1) is 10.6 Å². The van der Waals surface area contributed by atoms with E-state index in [0.717, 1.165) is 20.9 Å². The zero-order valence-corrected chi connectivity index (χ0v) is 14.4. The van der Waals surface area contributed by atoms with Crippen LogP contribution in [0.1, 0.15) is 5.56 Å². The van der Waals surface area contributed by atoms with Crippen molar-refractivity contribution in [1.82, 2.24) is 4.57 Å². The monoisotopic (exact) mass is 387 g/mol. The third-order valence-electron chi connectivity index (χ3n) is 3.75. The van der Waals surface area contributed by atoms with E-state index in [9.17, 15) is 14.9 Å². The van der Waals surface area contributed by atoms with Gasteiger partial charge in [0.1, 0.15) is 6.54 Å². The summed E-state index contributed by atoms with van der Waals surface area (Å²) >= 11 is 3.42. The van der Waals surface area contributed by atoms with Gasteiger partial charge in [0.25, 0.3) is 5.69 Å². The molecule has 1 aromatic heterocycles. The van der Waals surface area contributed by atoms with Gasteiger partial charge in [0.2, 0.25) is 5.91 Å². The van der Waals surface area contributed by atoms with Crippen LogP contribution in [0.4, 0.5) is 11.4 Å². The molecule has 2 aromatic carbocycles. The zero-order chi connectivity index (χ0) is 17.3. The van der Waals surface area contributed by atoms with Crippen LogP contribution in [0.15, 0.2) is 53.1 Å². The number of rotatable bonds is 4. The van der Waals surface area contributed by atoms with Crippen molar-refractivity contribution >= 4 is 44.1 Å². The highest BCUT2D eigenvalue weighted by molar-refractivity contribution is 9.10. The Labute approximate surface area is 146 Å². The number of nitro benzene ring substituents is 1. The van der Waals surface area contributed by atoms with Crippen LogP contribution in [0.25, 0.3) is 10.9 Å². The van der Waals surface area contributed by atoms with Crippen molar-refractivity contribution in [2.45, 2.75) is 13.5 Å². The molecule has 0 aliphatic heterocycles. The third-order valence-corrected chi connectivity index (χ3v) is 4.25. The molecule has 0 spiro atoms. The van der Waals surface area contributed by atoms with E-state index in [1.54, 1.807) is 13.0 Å². The second kappa shape index (κ2) is 6.45. The first-order valence-electron chi connectivity index (χ1n) is 7.23. The van der Waals surface area contributed by atoms with Gasteiger partial charge in [-0.25, -0.2) is 0 Å². The van der Waals surface area contributed by atoms with Crippen LogP contribution in [0.5, 0.6) is 0 Å². The molecule has 0 unspecified atom stereocenters.